The topological polar surface area (TPSA) is 101 Å². The molecule has 5 rings (SSSR count). The molecule has 31 heavy (non-hydrogen) atoms. The summed E-state index contributed by atoms with van der Waals surface area (Å²) in [5.41, 5.74) is 0.196. The summed E-state index contributed by atoms with van der Waals surface area (Å²) < 4.78 is 5.62. The van der Waals surface area contributed by atoms with E-state index in [0.29, 0.717) is 29.5 Å². The van der Waals surface area contributed by atoms with Crippen LogP contribution in [0.3, 0.4) is 0 Å². The van der Waals surface area contributed by atoms with Gasteiger partial charge in [0.25, 0.3) is 5.91 Å². The normalized spacial score (nSPS) is 19.8. The number of amides is 4. The number of carbonyl (C=O) groups is 3. The third-order valence-corrected chi connectivity index (χ3v) is 7.08. The number of imide groups is 1. The van der Waals surface area contributed by atoms with Crippen LogP contribution in [0.15, 0.2) is 41.8 Å². The molecule has 0 saturated carbocycles. The first kappa shape index (κ1) is 19.7. The maximum Gasteiger partial charge on any atom is 0.325 e. The molecule has 2 aliphatic rings. The first-order valence-corrected chi connectivity index (χ1v) is 11.3. The Balaban J connectivity index is 1.31. The van der Waals surface area contributed by atoms with Crippen molar-refractivity contribution in [3.63, 3.8) is 0 Å². The maximum absolute atomic E-state index is 13.2. The average molecular weight is 455 g/mol. The van der Waals surface area contributed by atoms with Crippen LogP contribution < -0.4 is 15.4 Å². The van der Waals surface area contributed by atoms with Crippen molar-refractivity contribution in [2.45, 2.75) is 18.9 Å². The van der Waals surface area contributed by atoms with Crippen LogP contribution in [0.1, 0.15) is 16.9 Å². The Morgan fingerprint density at radius 1 is 1.29 bits per heavy atom. The molecule has 1 saturated heterocycles. The van der Waals surface area contributed by atoms with Gasteiger partial charge in [-0.2, -0.15) is 0 Å². The summed E-state index contributed by atoms with van der Waals surface area (Å²) in [6, 6.07) is 10.5. The standard InChI is InChI=1S/C21H18N4O4S2/c1-12-6-7-16(31-12)14-11-30-19(22-14)23-17(26)10-25-18(27)21(24-20(25)28)8-9-29-15-5-3-2-4-13(15)21/h2-7,11H,8-10H2,1H3,(H,24,28)(H,22,23,26). The summed E-state index contributed by atoms with van der Waals surface area (Å²) in [7, 11) is 0. The maximum atomic E-state index is 13.2. The van der Waals surface area contributed by atoms with Crippen LogP contribution in [0.5, 0.6) is 5.75 Å². The van der Waals surface area contributed by atoms with Crippen molar-refractivity contribution in [2.24, 2.45) is 0 Å². The van der Waals surface area contributed by atoms with E-state index >= 15 is 0 Å². The van der Waals surface area contributed by atoms with Gasteiger partial charge in [0.15, 0.2) is 10.7 Å². The number of para-hydroxylation sites is 1. The lowest BCUT2D eigenvalue weighted by atomic mass is 9.84. The van der Waals surface area contributed by atoms with E-state index in [2.05, 4.69) is 15.6 Å². The number of carbonyl (C=O) groups excluding carboxylic acids is 3. The highest BCUT2D eigenvalue weighted by atomic mass is 32.1. The Bertz CT molecular complexity index is 1200. The number of rotatable bonds is 4. The fourth-order valence-electron chi connectivity index (χ4n) is 3.83. The van der Waals surface area contributed by atoms with E-state index in [4.69, 9.17) is 4.74 Å². The number of aromatic nitrogens is 1. The highest BCUT2D eigenvalue weighted by Gasteiger charge is 2.55. The number of urea groups is 1. The molecule has 2 aromatic heterocycles. The van der Waals surface area contributed by atoms with E-state index in [-0.39, 0.29) is 6.54 Å². The molecule has 158 valence electrons. The molecular formula is C21H18N4O4S2. The first-order chi connectivity index (χ1) is 15.0. The second kappa shape index (κ2) is 7.47. The van der Waals surface area contributed by atoms with Crippen LogP contribution >= 0.6 is 22.7 Å². The Labute approximate surface area is 185 Å². The monoisotopic (exact) mass is 454 g/mol. The number of anilines is 1. The Morgan fingerprint density at radius 3 is 2.94 bits per heavy atom. The Hall–Kier alpha value is -3.24. The smallest absolute Gasteiger partial charge is 0.325 e. The molecule has 2 N–H and O–H groups in total. The van der Waals surface area contributed by atoms with Gasteiger partial charge < -0.3 is 15.4 Å². The second-order valence-corrected chi connectivity index (χ2v) is 9.46. The summed E-state index contributed by atoms with van der Waals surface area (Å²) in [5, 5.41) is 7.76. The predicted octanol–water partition coefficient (Wildman–Crippen LogP) is 3.35. The average Bonchev–Trinajstić information content (AvgIpc) is 3.45. The third kappa shape index (κ3) is 3.37. The number of aryl methyl sites for hydroxylation is 1. The van der Waals surface area contributed by atoms with Crippen LogP contribution in [-0.2, 0) is 15.1 Å². The van der Waals surface area contributed by atoms with E-state index in [1.54, 1.807) is 29.5 Å². The van der Waals surface area contributed by atoms with E-state index in [9.17, 15) is 14.4 Å². The number of thiazole rings is 1. The number of benzene rings is 1. The fraction of sp³-hybridized carbons (Fsp3) is 0.238. The number of hydrogen-bond acceptors (Lipinski definition) is 7. The van der Waals surface area contributed by atoms with Gasteiger partial charge in [-0.3, -0.25) is 14.5 Å². The van der Waals surface area contributed by atoms with Gasteiger partial charge in [0.05, 0.1) is 17.2 Å². The molecule has 2 aliphatic heterocycles. The van der Waals surface area contributed by atoms with Gasteiger partial charge in [-0.05, 0) is 25.1 Å². The predicted molar refractivity (Wildman–Crippen MR) is 117 cm³/mol. The zero-order chi connectivity index (χ0) is 21.6. The minimum atomic E-state index is -1.20. The van der Waals surface area contributed by atoms with Gasteiger partial charge in [-0.15, -0.1) is 22.7 Å². The molecule has 3 aromatic rings. The summed E-state index contributed by atoms with van der Waals surface area (Å²) in [4.78, 5) is 46.0. The van der Waals surface area contributed by atoms with Crippen molar-refractivity contribution < 1.29 is 19.1 Å². The summed E-state index contributed by atoms with van der Waals surface area (Å²) in [6.07, 6.45) is 0.308. The Kier molecular flexibility index (Phi) is 4.75. The Morgan fingerprint density at radius 2 is 2.13 bits per heavy atom. The van der Waals surface area contributed by atoms with E-state index in [0.717, 1.165) is 15.5 Å². The van der Waals surface area contributed by atoms with E-state index < -0.39 is 23.4 Å². The third-order valence-electron chi connectivity index (χ3n) is 5.30. The van der Waals surface area contributed by atoms with Gasteiger partial charge >= 0.3 is 6.03 Å². The lowest BCUT2D eigenvalue weighted by molar-refractivity contribution is -0.135. The molecule has 1 fully saturated rings. The van der Waals surface area contributed by atoms with Crippen molar-refractivity contribution in [1.29, 1.82) is 0 Å². The van der Waals surface area contributed by atoms with Crippen molar-refractivity contribution in [3.8, 4) is 16.3 Å². The van der Waals surface area contributed by atoms with Crippen molar-refractivity contribution in [1.82, 2.24) is 15.2 Å². The molecule has 0 radical (unpaired) electrons. The molecule has 8 nitrogen and oxygen atoms in total. The van der Waals surface area contributed by atoms with Crippen LogP contribution in [-0.4, -0.2) is 40.9 Å². The van der Waals surface area contributed by atoms with Gasteiger partial charge in [0.2, 0.25) is 5.91 Å². The molecule has 1 spiro atoms. The molecule has 1 aromatic carbocycles. The van der Waals surface area contributed by atoms with E-state index in [1.165, 1.54) is 16.2 Å². The molecule has 0 aliphatic carbocycles. The van der Waals surface area contributed by atoms with Gasteiger partial charge in [0.1, 0.15) is 12.3 Å². The number of fused-ring (bicyclic) bond motifs is 2. The van der Waals surface area contributed by atoms with Crippen molar-refractivity contribution in [3.05, 3.63) is 52.2 Å². The lowest BCUT2D eigenvalue weighted by Gasteiger charge is -2.33. The molecule has 4 amide bonds. The minimum Gasteiger partial charge on any atom is -0.493 e. The van der Waals surface area contributed by atoms with Gasteiger partial charge in [-0.1, -0.05) is 18.2 Å². The summed E-state index contributed by atoms with van der Waals surface area (Å²) in [6.45, 7) is 1.93. The molecule has 1 unspecified atom stereocenters. The number of nitrogens with zero attached hydrogens (tertiary/aromatic N) is 2. The quantitative estimate of drug-likeness (QED) is 0.589. The molecular weight excluding hydrogens is 436 g/mol. The second-order valence-electron chi connectivity index (χ2n) is 7.32. The molecule has 0 bridgehead atoms. The van der Waals surface area contributed by atoms with Crippen molar-refractivity contribution in [2.75, 3.05) is 18.5 Å². The van der Waals surface area contributed by atoms with E-state index in [1.807, 2.05) is 30.5 Å². The largest absolute Gasteiger partial charge is 0.493 e. The number of nitrogens with one attached hydrogen (secondary N) is 2. The lowest BCUT2D eigenvalue weighted by Crippen LogP contribution is -2.48. The number of ether oxygens (including phenoxy) is 1. The number of hydrogen-bond donors (Lipinski definition) is 2. The van der Waals surface area contributed by atoms with Crippen LogP contribution in [0.2, 0.25) is 0 Å². The highest BCUT2D eigenvalue weighted by molar-refractivity contribution is 7.17. The highest BCUT2D eigenvalue weighted by Crippen LogP contribution is 2.41. The summed E-state index contributed by atoms with van der Waals surface area (Å²) >= 11 is 2.92. The summed E-state index contributed by atoms with van der Waals surface area (Å²) in [5.74, 6) is -0.366. The zero-order valence-electron chi connectivity index (χ0n) is 16.5. The van der Waals surface area contributed by atoms with Crippen LogP contribution in [0, 0.1) is 6.92 Å². The van der Waals surface area contributed by atoms with Gasteiger partial charge in [-0.25, -0.2) is 9.78 Å². The fourth-order valence-corrected chi connectivity index (χ4v) is 5.46. The molecule has 10 heteroatoms. The number of thiophene rings is 1. The van der Waals surface area contributed by atoms with Crippen molar-refractivity contribution >= 4 is 45.7 Å². The first-order valence-electron chi connectivity index (χ1n) is 9.65. The van der Waals surface area contributed by atoms with Crippen LogP contribution in [0.4, 0.5) is 9.93 Å². The zero-order valence-corrected chi connectivity index (χ0v) is 18.1. The van der Waals surface area contributed by atoms with Crippen LogP contribution in [0.25, 0.3) is 10.6 Å². The molecule has 4 heterocycles. The minimum absolute atomic E-state index is 0.299. The SMILES string of the molecule is Cc1ccc(-c2csc(NC(=O)CN3C(=O)NC4(CCOc5ccccc54)C3=O)n2)s1. The van der Waals surface area contributed by atoms with Gasteiger partial charge in [0, 0.05) is 22.2 Å². The molecule has 1 atom stereocenters.